The number of hydrogen-bond acceptors (Lipinski definition) is 3. The number of hydrogen-bond donors (Lipinski definition) is 2. The molecule has 4 heteroatoms. The first-order chi connectivity index (χ1) is 6.83. The largest absolute Gasteiger partial charge is 0.378 e. The van der Waals surface area contributed by atoms with Gasteiger partial charge in [-0.15, -0.1) is 6.58 Å². The fourth-order valence-corrected chi connectivity index (χ4v) is 1.31. The number of carbonyl (C=O) groups excluding carboxylic acids is 1. The Morgan fingerprint density at radius 2 is 2.57 bits per heavy atom. The minimum atomic E-state index is 0.0808. The van der Waals surface area contributed by atoms with Gasteiger partial charge in [-0.2, -0.15) is 0 Å². The molecule has 1 unspecified atom stereocenters. The average Bonchev–Trinajstić information content (AvgIpc) is 2.25. The van der Waals surface area contributed by atoms with Crippen molar-refractivity contribution in [2.75, 3.05) is 26.3 Å². The molecule has 2 N–H and O–H groups in total. The number of rotatable bonds is 5. The van der Waals surface area contributed by atoms with Crippen LogP contribution in [0.4, 0.5) is 0 Å². The summed E-state index contributed by atoms with van der Waals surface area (Å²) in [6.45, 7) is 6.53. The monoisotopic (exact) mass is 198 g/mol. The molecule has 0 radical (unpaired) electrons. The van der Waals surface area contributed by atoms with Gasteiger partial charge in [-0.3, -0.25) is 4.79 Å². The first-order valence-electron chi connectivity index (χ1n) is 5.01. The topological polar surface area (TPSA) is 50.4 Å². The van der Waals surface area contributed by atoms with E-state index in [4.69, 9.17) is 4.74 Å². The van der Waals surface area contributed by atoms with Gasteiger partial charge in [0.2, 0.25) is 5.91 Å². The van der Waals surface area contributed by atoms with Crippen molar-refractivity contribution in [3.63, 3.8) is 0 Å². The number of morpholine rings is 1. The van der Waals surface area contributed by atoms with Gasteiger partial charge in [0, 0.05) is 25.6 Å². The maximum Gasteiger partial charge on any atom is 0.220 e. The fourth-order valence-electron chi connectivity index (χ4n) is 1.31. The van der Waals surface area contributed by atoms with E-state index in [1.807, 2.05) is 0 Å². The zero-order chi connectivity index (χ0) is 10.2. The quantitative estimate of drug-likeness (QED) is 0.614. The van der Waals surface area contributed by atoms with Gasteiger partial charge in [0.05, 0.1) is 13.2 Å². The van der Waals surface area contributed by atoms with Crippen LogP contribution in [0.15, 0.2) is 12.7 Å². The van der Waals surface area contributed by atoms with E-state index in [0.717, 1.165) is 19.6 Å². The molecule has 4 nitrogen and oxygen atoms in total. The second-order valence-corrected chi connectivity index (χ2v) is 3.36. The molecule has 1 heterocycles. The molecule has 1 aliphatic rings. The minimum absolute atomic E-state index is 0.0808. The third-order valence-electron chi connectivity index (χ3n) is 2.12. The number of nitrogens with one attached hydrogen (secondary N) is 2. The Labute approximate surface area is 84.7 Å². The highest BCUT2D eigenvalue weighted by Crippen LogP contribution is 1.93. The summed E-state index contributed by atoms with van der Waals surface area (Å²) in [7, 11) is 0. The Kier molecular flexibility index (Phi) is 5.25. The third kappa shape index (κ3) is 4.39. The van der Waals surface area contributed by atoms with E-state index < -0.39 is 0 Å². The van der Waals surface area contributed by atoms with Crippen molar-refractivity contribution in [2.24, 2.45) is 0 Å². The van der Waals surface area contributed by atoms with Gasteiger partial charge in [0.1, 0.15) is 0 Å². The lowest BCUT2D eigenvalue weighted by Gasteiger charge is -2.23. The highest BCUT2D eigenvalue weighted by molar-refractivity contribution is 5.76. The molecule has 80 valence electrons. The van der Waals surface area contributed by atoms with Gasteiger partial charge in [0.15, 0.2) is 0 Å². The molecule has 0 aromatic carbocycles. The van der Waals surface area contributed by atoms with Crippen LogP contribution in [0.25, 0.3) is 0 Å². The Morgan fingerprint density at radius 1 is 1.71 bits per heavy atom. The second-order valence-electron chi connectivity index (χ2n) is 3.36. The molecular weight excluding hydrogens is 180 g/mol. The molecule has 0 aliphatic carbocycles. The van der Waals surface area contributed by atoms with Gasteiger partial charge < -0.3 is 15.4 Å². The fraction of sp³-hybridized carbons (Fsp3) is 0.700. The molecule has 14 heavy (non-hydrogen) atoms. The zero-order valence-corrected chi connectivity index (χ0v) is 8.42. The Morgan fingerprint density at radius 3 is 3.21 bits per heavy atom. The summed E-state index contributed by atoms with van der Waals surface area (Å²) in [5.74, 6) is 0.0808. The first-order valence-corrected chi connectivity index (χ1v) is 5.01. The van der Waals surface area contributed by atoms with Crippen LogP contribution in [0.1, 0.15) is 12.8 Å². The van der Waals surface area contributed by atoms with Crippen molar-refractivity contribution in [3.8, 4) is 0 Å². The Hall–Kier alpha value is -0.870. The van der Waals surface area contributed by atoms with Crippen molar-refractivity contribution >= 4 is 5.91 Å². The Bertz CT molecular complexity index is 189. The number of allylic oxidation sites excluding steroid dienone is 1. The van der Waals surface area contributed by atoms with Gasteiger partial charge in [-0.05, 0) is 6.42 Å². The van der Waals surface area contributed by atoms with Crippen LogP contribution in [-0.2, 0) is 9.53 Å². The summed E-state index contributed by atoms with van der Waals surface area (Å²) in [6, 6.07) is 0.261. The number of ether oxygens (including phenoxy) is 1. The molecule has 0 saturated carbocycles. The van der Waals surface area contributed by atoms with Crippen molar-refractivity contribution in [2.45, 2.75) is 18.9 Å². The minimum Gasteiger partial charge on any atom is -0.378 e. The second kappa shape index (κ2) is 6.56. The predicted molar refractivity (Wildman–Crippen MR) is 55.1 cm³/mol. The molecule has 1 amide bonds. The highest BCUT2D eigenvalue weighted by atomic mass is 16.5. The van der Waals surface area contributed by atoms with Crippen LogP contribution in [-0.4, -0.2) is 38.3 Å². The van der Waals surface area contributed by atoms with Crippen LogP contribution in [0.5, 0.6) is 0 Å². The van der Waals surface area contributed by atoms with Crippen molar-refractivity contribution in [1.29, 1.82) is 0 Å². The maximum absolute atomic E-state index is 11.2. The first kappa shape index (κ1) is 11.2. The summed E-state index contributed by atoms with van der Waals surface area (Å²) < 4.78 is 5.27. The van der Waals surface area contributed by atoms with Crippen LogP contribution in [0.2, 0.25) is 0 Å². The van der Waals surface area contributed by atoms with Crippen LogP contribution in [0.3, 0.4) is 0 Å². The molecular formula is C10H18N2O2. The van der Waals surface area contributed by atoms with E-state index in [-0.39, 0.29) is 11.9 Å². The molecule has 0 aromatic rings. The van der Waals surface area contributed by atoms with Crippen LogP contribution < -0.4 is 10.6 Å². The van der Waals surface area contributed by atoms with E-state index >= 15 is 0 Å². The highest BCUT2D eigenvalue weighted by Gasteiger charge is 2.13. The molecule has 1 aliphatic heterocycles. The average molecular weight is 198 g/mol. The van der Waals surface area contributed by atoms with Crippen molar-refractivity contribution in [3.05, 3.63) is 12.7 Å². The third-order valence-corrected chi connectivity index (χ3v) is 2.12. The lowest BCUT2D eigenvalue weighted by atomic mass is 10.2. The molecule has 1 atom stereocenters. The molecule has 0 spiro atoms. The van der Waals surface area contributed by atoms with E-state index in [2.05, 4.69) is 17.2 Å². The summed E-state index contributed by atoms with van der Waals surface area (Å²) in [5.41, 5.74) is 0. The van der Waals surface area contributed by atoms with E-state index in [9.17, 15) is 4.79 Å². The van der Waals surface area contributed by atoms with Gasteiger partial charge in [-0.25, -0.2) is 0 Å². The zero-order valence-electron chi connectivity index (χ0n) is 8.42. The summed E-state index contributed by atoms with van der Waals surface area (Å²) >= 11 is 0. The van der Waals surface area contributed by atoms with Gasteiger partial charge in [0.25, 0.3) is 0 Å². The summed E-state index contributed by atoms with van der Waals surface area (Å²) in [4.78, 5) is 11.2. The molecule has 1 rings (SSSR count). The van der Waals surface area contributed by atoms with E-state index in [1.54, 1.807) is 6.08 Å². The van der Waals surface area contributed by atoms with Gasteiger partial charge in [-0.1, -0.05) is 6.08 Å². The van der Waals surface area contributed by atoms with E-state index in [1.165, 1.54) is 0 Å². The molecule has 1 fully saturated rings. The normalized spacial score (nSPS) is 21.6. The van der Waals surface area contributed by atoms with Crippen molar-refractivity contribution < 1.29 is 9.53 Å². The molecule has 0 aromatic heterocycles. The lowest BCUT2D eigenvalue weighted by Crippen LogP contribution is -2.48. The summed E-state index contributed by atoms with van der Waals surface area (Å²) in [6.07, 6.45) is 3.01. The molecule has 0 bridgehead atoms. The number of carbonyl (C=O) groups is 1. The summed E-state index contributed by atoms with van der Waals surface area (Å²) in [5, 5.41) is 6.13. The predicted octanol–water partition coefficient (Wildman–Crippen LogP) is 0.0572. The van der Waals surface area contributed by atoms with Gasteiger partial charge >= 0.3 is 0 Å². The number of amides is 1. The van der Waals surface area contributed by atoms with Crippen molar-refractivity contribution in [1.82, 2.24) is 10.6 Å². The van der Waals surface area contributed by atoms with Crippen LogP contribution in [0, 0.1) is 0 Å². The molecule has 1 saturated heterocycles. The lowest BCUT2D eigenvalue weighted by molar-refractivity contribution is -0.121. The Balaban J connectivity index is 2.06. The van der Waals surface area contributed by atoms with Crippen LogP contribution >= 0.6 is 0 Å². The SMILES string of the molecule is C=CCCC(=O)NCC1COCCN1. The smallest absolute Gasteiger partial charge is 0.220 e. The standard InChI is InChI=1S/C10H18N2O2/c1-2-3-4-10(13)12-7-9-8-14-6-5-11-9/h2,9,11H,1,3-8H2,(H,12,13). The maximum atomic E-state index is 11.2. The van der Waals surface area contributed by atoms with E-state index in [0.29, 0.717) is 19.6 Å².